The van der Waals surface area contributed by atoms with Crippen molar-refractivity contribution in [1.82, 2.24) is 4.98 Å². The number of rotatable bonds is 9. The number of hydrogen-bond donors (Lipinski definition) is 3. The molecule has 7 nitrogen and oxygen atoms in total. The van der Waals surface area contributed by atoms with Crippen molar-refractivity contribution >= 4 is 51.5 Å². The molecule has 3 N–H and O–H groups in total. The summed E-state index contributed by atoms with van der Waals surface area (Å²) in [5.74, 6) is 0.603. The lowest BCUT2D eigenvalue weighted by Crippen LogP contribution is -2.19. The van der Waals surface area contributed by atoms with E-state index >= 15 is 0 Å². The second-order valence-electron chi connectivity index (χ2n) is 8.63. The predicted molar refractivity (Wildman–Crippen MR) is 163 cm³/mol. The van der Waals surface area contributed by atoms with Gasteiger partial charge in [-0.3, -0.25) is 4.79 Å². The zero-order chi connectivity index (χ0) is 27.7. The van der Waals surface area contributed by atoms with Crippen LogP contribution in [0, 0.1) is 0 Å². The summed E-state index contributed by atoms with van der Waals surface area (Å²) in [6, 6.07) is 33.6. The van der Waals surface area contributed by atoms with E-state index in [1.807, 2.05) is 115 Å². The summed E-state index contributed by atoms with van der Waals surface area (Å²) in [4.78, 5) is 31.3. The summed E-state index contributed by atoms with van der Waals surface area (Å²) in [6.45, 7) is 0. The van der Waals surface area contributed by atoms with Crippen molar-refractivity contribution in [3.8, 4) is 17.0 Å². The molecule has 4 aromatic carbocycles. The van der Waals surface area contributed by atoms with Gasteiger partial charge in [0.2, 0.25) is 5.91 Å². The number of nitrogens with zero attached hydrogens (tertiary/aromatic N) is 1. The minimum absolute atomic E-state index is 0.170. The average Bonchev–Trinajstić information content (AvgIpc) is 3.46. The number of thioether (sulfide) groups is 1. The van der Waals surface area contributed by atoms with Crippen molar-refractivity contribution in [3.63, 3.8) is 0 Å². The first-order valence-corrected chi connectivity index (χ1v) is 14.2. The maximum Gasteiger partial charge on any atom is 0.323 e. The standard InChI is InChI=1S/C31H26N4O3S2/c1-38-25-16-12-21(13-17-25)27-20-39-31(34-27)35-29(36)28(22-8-4-2-5-9-22)40-26-18-14-24(15-19-26)33-30(37)32-23-10-6-3-7-11-23/h2-20,28H,1H3,(H2,32,33,37)(H,34,35,36). The van der Waals surface area contributed by atoms with E-state index in [4.69, 9.17) is 4.74 Å². The molecule has 40 heavy (non-hydrogen) atoms. The molecule has 0 aliphatic rings. The van der Waals surface area contributed by atoms with Gasteiger partial charge in [-0.15, -0.1) is 23.1 Å². The first kappa shape index (κ1) is 27.0. The van der Waals surface area contributed by atoms with E-state index in [1.165, 1.54) is 23.1 Å². The number of ether oxygens (including phenoxy) is 1. The van der Waals surface area contributed by atoms with E-state index < -0.39 is 5.25 Å². The smallest absolute Gasteiger partial charge is 0.323 e. The van der Waals surface area contributed by atoms with Gasteiger partial charge in [0.25, 0.3) is 0 Å². The van der Waals surface area contributed by atoms with Crippen LogP contribution in [0.3, 0.4) is 0 Å². The number of para-hydroxylation sites is 1. The third-order valence-electron chi connectivity index (χ3n) is 5.86. The zero-order valence-corrected chi connectivity index (χ0v) is 23.2. The van der Waals surface area contributed by atoms with Gasteiger partial charge in [-0.1, -0.05) is 48.5 Å². The highest BCUT2D eigenvalue weighted by atomic mass is 32.2. The summed E-state index contributed by atoms with van der Waals surface area (Å²) >= 11 is 2.81. The Balaban J connectivity index is 1.26. The van der Waals surface area contributed by atoms with Crippen molar-refractivity contribution in [2.45, 2.75) is 10.1 Å². The molecule has 0 bridgehead atoms. The van der Waals surface area contributed by atoms with Crippen molar-refractivity contribution in [1.29, 1.82) is 0 Å². The molecule has 3 amide bonds. The van der Waals surface area contributed by atoms with Gasteiger partial charge in [-0.05, 0) is 66.2 Å². The van der Waals surface area contributed by atoms with Crippen LogP contribution in [0.25, 0.3) is 11.3 Å². The molecule has 0 aliphatic carbocycles. The first-order chi connectivity index (χ1) is 19.6. The van der Waals surface area contributed by atoms with E-state index in [-0.39, 0.29) is 11.9 Å². The predicted octanol–water partition coefficient (Wildman–Crippen LogP) is 7.93. The van der Waals surface area contributed by atoms with Crippen LogP contribution in [-0.2, 0) is 4.79 Å². The summed E-state index contributed by atoms with van der Waals surface area (Å²) in [5, 5.41) is 10.6. The Hall–Kier alpha value is -4.60. The molecule has 200 valence electrons. The number of anilines is 3. The average molecular weight is 567 g/mol. The van der Waals surface area contributed by atoms with E-state index in [0.717, 1.165) is 27.5 Å². The maximum absolute atomic E-state index is 13.5. The van der Waals surface area contributed by atoms with Crippen LogP contribution in [-0.4, -0.2) is 24.0 Å². The number of methoxy groups -OCH3 is 1. The van der Waals surface area contributed by atoms with E-state index in [0.29, 0.717) is 16.5 Å². The number of carbonyl (C=O) groups is 2. The third-order valence-corrected chi connectivity index (χ3v) is 7.88. The highest BCUT2D eigenvalue weighted by Gasteiger charge is 2.23. The van der Waals surface area contributed by atoms with Crippen LogP contribution in [0.15, 0.2) is 119 Å². The maximum atomic E-state index is 13.5. The van der Waals surface area contributed by atoms with Crippen molar-refractivity contribution in [2.75, 3.05) is 23.1 Å². The van der Waals surface area contributed by atoms with E-state index in [1.54, 1.807) is 7.11 Å². The first-order valence-electron chi connectivity index (χ1n) is 12.4. The number of urea groups is 1. The fourth-order valence-corrected chi connectivity index (χ4v) is 5.61. The molecule has 0 saturated heterocycles. The van der Waals surface area contributed by atoms with E-state index in [9.17, 15) is 9.59 Å². The van der Waals surface area contributed by atoms with Crippen LogP contribution in [0.1, 0.15) is 10.8 Å². The fraction of sp³-hybridized carbons (Fsp3) is 0.0645. The molecule has 0 saturated carbocycles. The number of amides is 3. The molecular weight excluding hydrogens is 541 g/mol. The van der Waals surface area contributed by atoms with Crippen LogP contribution in [0.5, 0.6) is 5.75 Å². The Morgan fingerprint density at radius 2 is 1.40 bits per heavy atom. The number of nitrogens with one attached hydrogen (secondary N) is 3. The molecular formula is C31H26N4O3S2. The van der Waals surface area contributed by atoms with Gasteiger partial charge < -0.3 is 20.7 Å². The van der Waals surface area contributed by atoms with Gasteiger partial charge in [0.05, 0.1) is 12.8 Å². The van der Waals surface area contributed by atoms with Gasteiger partial charge >= 0.3 is 6.03 Å². The largest absolute Gasteiger partial charge is 0.497 e. The van der Waals surface area contributed by atoms with Crippen LogP contribution >= 0.6 is 23.1 Å². The number of thiazole rings is 1. The van der Waals surface area contributed by atoms with Crippen molar-refractivity contribution in [2.24, 2.45) is 0 Å². The summed E-state index contributed by atoms with van der Waals surface area (Å²) in [7, 11) is 1.63. The molecule has 0 radical (unpaired) electrons. The number of aromatic nitrogens is 1. The Bertz CT molecular complexity index is 1560. The number of carbonyl (C=O) groups excluding carboxylic acids is 2. The minimum Gasteiger partial charge on any atom is -0.497 e. The SMILES string of the molecule is COc1ccc(-c2csc(NC(=O)C(Sc3ccc(NC(=O)Nc4ccccc4)cc3)c3ccccc3)n2)cc1. The van der Waals surface area contributed by atoms with Crippen molar-refractivity contribution in [3.05, 3.63) is 120 Å². The van der Waals surface area contributed by atoms with E-state index in [2.05, 4.69) is 20.9 Å². The zero-order valence-electron chi connectivity index (χ0n) is 21.5. The van der Waals surface area contributed by atoms with Gasteiger partial charge in [0, 0.05) is 27.2 Å². The normalized spacial score (nSPS) is 11.3. The van der Waals surface area contributed by atoms with Crippen molar-refractivity contribution < 1.29 is 14.3 Å². The Morgan fingerprint density at radius 3 is 2.05 bits per heavy atom. The minimum atomic E-state index is -0.505. The quantitative estimate of drug-likeness (QED) is 0.158. The lowest BCUT2D eigenvalue weighted by molar-refractivity contribution is -0.115. The molecule has 9 heteroatoms. The van der Waals surface area contributed by atoms with Gasteiger partial charge in [0.1, 0.15) is 11.0 Å². The second kappa shape index (κ2) is 13.0. The highest BCUT2D eigenvalue weighted by molar-refractivity contribution is 8.00. The summed E-state index contributed by atoms with van der Waals surface area (Å²) in [6.07, 6.45) is 0. The van der Waals surface area contributed by atoms with Crippen LogP contribution in [0.4, 0.5) is 21.3 Å². The molecule has 0 spiro atoms. The molecule has 1 atom stereocenters. The molecule has 0 aliphatic heterocycles. The third kappa shape index (κ3) is 7.07. The number of hydrogen-bond acceptors (Lipinski definition) is 6. The molecule has 0 fully saturated rings. The molecule has 5 aromatic rings. The Kier molecular flexibility index (Phi) is 8.75. The molecule has 5 rings (SSSR count). The molecule has 1 heterocycles. The molecule has 1 unspecified atom stereocenters. The number of benzene rings is 4. The second-order valence-corrected chi connectivity index (χ2v) is 10.7. The fourth-order valence-electron chi connectivity index (χ4n) is 3.87. The van der Waals surface area contributed by atoms with Gasteiger partial charge in [-0.2, -0.15) is 0 Å². The Labute approximate surface area is 240 Å². The summed E-state index contributed by atoms with van der Waals surface area (Å²) in [5.41, 5.74) is 3.96. The van der Waals surface area contributed by atoms with Gasteiger partial charge in [0.15, 0.2) is 5.13 Å². The summed E-state index contributed by atoms with van der Waals surface area (Å²) < 4.78 is 5.23. The highest BCUT2D eigenvalue weighted by Crippen LogP contribution is 2.37. The van der Waals surface area contributed by atoms with Crippen LogP contribution < -0.4 is 20.7 Å². The topological polar surface area (TPSA) is 92.4 Å². The Morgan fingerprint density at radius 1 is 0.775 bits per heavy atom. The lowest BCUT2D eigenvalue weighted by Gasteiger charge is -2.16. The van der Waals surface area contributed by atoms with Gasteiger partial charge in [-0.25, -0.2) is 9.78 Å². The van der Waals surface area contributed by atoms with Crippen LogP contribution in [0.2, 0.25) is 0 Å². The lowest BCUT2D eigenvalue weighted by atomic mass is 10.1. The monoisotopic (exact) mass is 566 g/mol. The molecule has 1 aromatic heterocycles.